The minimum absolute atomic E-state index is 0.466. The van der Waals surface area contributed by atoms with E-state index < -0.39 is 11.7 Å². The van der Waals surface area contributed by atoms with E-state index in [1.807, 2.05) is 6.07 Å². The van der Waals surface area contributed by atoms with Gasteiger partial charge >= 0.3 is 6.09 Å². The highest BCUT2D eigenvalue weighted by Crippen LogP contribution is 2.23. The van der Waals surface area contributed by atoms with Crippen molar-refractivity contribution in [3.63, 3.8) is 0 Å². The lowest BCUT2D eigenvalue weighted by atomic mass is 10.2. The SMILES string of the molecule is CC(C)(C)OC(=O)Nc1cccc2cc(C=O)[nH]c12. The Hall–Kier alpha value is -2.30. The summed E-state index contributed by atoms with van der Waals surface area (Å²) in [6.07, 6.45) is 0.208. The molecule has 0 saturated carbocycles. The van der Waals surface area contributed by atoms with Gasteiger partial charge in [-0.15, -0.1) is 0 Å². The number of H-pyrrole nitrogens is 1. The van der Waals surface area contributed by atoms with Crippen LogP contribution in [0.4, 0.5) is 10.5 Å². The van der Waals surface area contributed by atoms with Crippen molar-refractivity contribution in [2.75, 3.05) is 5.32 Å². The molecular weight excluding hydrogens is 244 g/mol. The van der Waals surface area contributed by atoms with Gasteiger partial charge in [0.1, 0.15) is 5.60 Å². The molecule has 0 spiro atoms. The van der Waals surface area contributed by atoms with Crippen molar-refractivity contribution in [3.8, 4) is 0 Å². The molecule has 19 heavy (non-hydrogen) atoms. The summed E-state index contributed by atoms with van der Waals surface area (Å²) in [4.78, 5) is 25.4. The molecule has 5 heteroatoms. The first kappa shape index (κ1) is 13.1. The molecule has 2 N–H and O–H groups in total. The van der Waals surface area contributed by atoms with Crippen molar-refractivity contribution in [2.45, 2.75) is 26.4 Å². The number of hydrogen-bond donors (Lipinski definition) is 2. The summed E-state index contributed by atoms with van der Waals surface area (Å²) >= 11 is 0. The molecule has 0 aliphatic rings. The molecule has 0 radical (unpaired) electrons. The largest absolute Gasteiger partial charge is 0.444 e. The van der Waals surface area contributed by atoms with Crippen LogP contribution in [-0.4, -0.2) is 23.0 Å². The number of aromatic amines is 1. The molecule has 5 nitrogen and oxygen atoms in total. The second-order valence-corrected chi connectivity index (χ2v) is 5.24. The second kappa shape index (κ2) is 4.76. The van der Waals surface area contributed by atoms with Crippen molar-refractivity contribution in [2.24, 2.45) is 0 Å². The maximum Gasteiger partial charge on any atom is 0.412 e. The predicted octanol–water partition coefficient (Wildman–Crippen LogP) is 3.33. The van der Waals surface area contributed by atoms with Gasteiger partial charge in [-0.1, -0.05) is 12.1 Å². The van der Waals surface area contributed by atoms with E-state index in [0.717, 1.165) is 11.7 Å². The Morgan fingerprint density at radius 3 is 2.74 bits per heavy atom. The van der Waals surface area contributed by atoms with Crippen LogP contribution < -0.4 is 5.32 Å². The topological polar surface area (TPSA) is 71.2 Å². The Morgan fingerprint density at radius 2 is 2.11 bits per heavy atom. The number of hydrogen-bond acceptors (Lipinski definition) is 3. The van der Waals surface area contributed by atoms with Crippen LogP contribution in [0.3, 0.4) is 0 Å². The van der Waals surface area contributed by atoms with E-state index in [1.165, 1.54) is 0 Å². The minimum Gasteiger partial charge on any atom is -0.444 e. The maximum atomic E-state index is 11.7. The lowest BCUT2D eigenvalue weighted by Gasteiger charge is -2.19. The third kappa shape index (κ3) is 3.13. The van der Waals surface area contributed by atoms with Gasteiger partial charge < -0.3 is 9.72 Å². The number of nitrogens with one attached hydrogen (secondary N) is 2. The number of rotatable bonds is 2. The van der Waals surface area contributed by atoms with Gasteiger partial charge in [-0.05, 0) is 32.9 Å². The Labute approximate surface area is 110 Å². The molecule has 0 aliphatic carbocycles. The lowest BCUT2D eigenvalue weighted by Crippen LogP contribution is -2.27. The number of carbonyl (C=O) groups excluding carboxylic acids is 2. The smallest absolute Gasteiger partial charge is 0.412 e. The Kier molecular flexibility index (Phi) is 3.29. The van der Waals surface area contributed by atoms with Crippen LogP contribution in [0.25, 0.3) is 10.9 Å². The molecular formula is C14H16N2O3. The number of benzene rings is 1. The van der Waals surface area contributed by atoms with Gasteiger partial charge in [0, 0.05) is 5.39 Å². The van der Waals surface area contributed by atoms with Gasteiger partial charge in [0.05, 0.1) is 16.9 Å². The summed E-state index contributed by atoms with van der Waals surface area (Å²) in [5, 5.41) is 3.53. The number of aromatic nitrogens is 1. The fraction of sp³-hybridized carbons (Fsp3) is 0.286. The van der Waals surface area contributed by atoms with Crippen LogP contribution >= 0.6 is 0 Å². The molecule has 0 fully saturated rings. The first-order valence-electron chi connectivity index (χ1n) is 5.96. The van der Waals surface area contributed by atoms with Gasteiger partial charge in [0.25, 0.3) is 0 Å². The minimum atomic E-state index is -0.554. The first-order chi connectivity index (χ1) is 8.89. The molecule has 1 amide bonds. The molecule has 100 valence electrons. The van der Waals surface area contributed by atoms with Gasteiger partial charge in [-0.25, -0.2) is 4.79 Å². The van der Waals surface area contributed by atoms with Gasteiger partial charge in [0.2, 0.25) is 0 Å². The first-order valence-corrected chi connectivity index (χ1v) is 5.96. The predicted molar refractivity (Wildman–Crippen MR) is 73.5 cm³/mol. The standard InChI is InChI=1S/C14H16N2O3/c1-14(2,3)19-13(18)16-11-6-4-5-9-7-10(8-17)15-12(9)11/h4-8,15H,1-3H3,(H,16,18). The molecule has 0 aliphatic heterocycles. The van der Waals surface area contributed by atoms with Crippen molar-refractivity contribution in [3.05, 3.63) is 30.0 Å². The second-order valence-electron chi connectivity index (χ2n) is 5.24. The summed E-state index contributed by atoms with van der Waals surface area (Å²) in [7, 11) is 0. The highest BCUT2D eigenvalue weighted by Gasteiger charge is 2.17. The van der Waals surface area contributed by atoms with E-state index in [-0.39, 0.29) is 0 Å². The zero-order valence-corrected chi connectivity index (χ0v) is 11.1. The number of carbonyl (C=O) groups is 2. The van der Waals surface area contributed by atoms with Gasteiger partial charge in [0.15, 0.2) is 6.29 Å². The molecule has 0 unspecified atom stereocenters. The van der Waals surface area contributed by atoms with Crippen LogP contribution in [0.1, 0.15) is 31.3 Å². The quantitative estimate of drug-likeness (QED) is 0.813. The summed E-state index contributed by atoms with van der Waals surface area (Å²) < 4.78 is 5.19. The summed E-state index contributed by atoms with van der Waals surface area (Å²) in [6, 6.07) is 7.14. The zero-order chi connectivity index (χ0) is 14.0. The van der Waals surface area contributed by atoms with Crippen LogP contribution in [0.2, 0.25) is 0 Å². The van der Waals surface area contributed by atoms with Crippen LogP contribution in [-0.2, 0) is 4.74 Å². The van der Waals surface area contributed by atoms with Crippen LogP contribution in [0.5, 0.6) is 0 Å². The molecule has 1 aromatic carbocycles. The van der Waals surface area contributed by atoms with Crippen LogP contribution in [0, 0.1) is 0 Å². The van der Waals surface area contributed by atoms with E-state index in [4.69, 9.17) is 4.74 Å². The molecule has 2 rings (SSSR count). The lowest BCUT2D eigenvalue weighted by molar-refractivity contribution is 0.0636. The molecule has 2 aromatic rings. The number of ether oxygens (including phenoxy) is 1. The van der Waals surface area contributed by atoms with Crippen LogP contribution in [0.15, 0.2) is 24.3 Å². The Bertz CT molecular complexity index is 623. The molecule has 1 heterocycles. The van der Waals surface area contributed by atoms with Crippen molar-refractivity contribution in [1.29, 1.82) is 0 Å². The number of aldehydes is 1. The molecule has 1 aromatic heterocycles. The fourth-order valence-corrected chi connectivity index (χ4v) is 1.76. The maximum absolute atomic E-state index is 11.7. The van der Waals surface area contributed by atoms with Crippen molar-refractivity contribution < 1.29 is 14.3 Å². The molecule has 0 atom stereocenters. The average molecular weight is 260 g/mol. The number of fused-ring (bicyclic) bond motifs is 1. The summed E-state index contributed by atoms with van der Waals surface area (Å²) in [6.45, 7) is 5.39. The summed E-state index contributed by atoms with van der Waals surface area (Å²) in [5.41, 5.74) is 1.20. The van der Waals surface area contributed by atoms with Crippen molar-refractivity contribution >= 4 is 29.0 Å². The Morgan fingerprint density at radius 1 is 1.37 bits per heavy atom. The molecule has 0 bridgehead atoms. The number of amides is 1. The summed E-state index contributed by atoms with van der Waals surface area (Å²) in [5.74, 6) is 0. The number of anilines is 1. The van der Waals surface area contributed by atoms with E-state index in [2.05, 4.69) is 10.3 Å². The van der Waals surface area contributed by atoms with Gasteiger partial charge in [-0.2, -0.15) is 0 Å². The third-order valence-corrected chi connectivity index (χ3v) is 2.44. The van der Waals surface area contributed by atoms with E-state index in [0.29, 0.717) is 16.9 Å². The highest BCUT2D eigenvalue weighted by atomic mass is 16.6. The number of para-hydroxylation sites is 1. The Balaban J connectivity index is 2.27. The normalized spacial score (nSPS) is 11.3. The monoisotopic (exact) mass is 260 g/mol. The fourth-order valence-electron chi connectivity index (χ4n) is 1.76. The molecule has 0 saturated heterocycles. The highest BCUT2D eigenvalue weighted by molar-refractivity contribution is 6.00. The zero-order valence-electron chi connectivity index (χ0n) is 11.1. The van der Waals surface area contributed by atoms with Gasteiger partial charge in [-0.3, -0.25) is 10.1 Å². The van der Waals surface area contributed by atoms with E-state index in [1.54, 1.807) is 39.0 Å². The van der Waals surface area contributed by atoms with E-state index >= 15 is 0 Å². The van der Waals surface area contributed by atoms with Crippen molar-refractivity contribution in [1.82, 2.24) is 4.98 Å². The van der Waals surface area contributed by atoms with E-state index in [9.17, 15) is 9.59 Å². The average Bonchev–Trinajstić information content (AvgIpc) is 2.70. The third-order valence-electron chi connectivity index (χ3n) is 2.44.